The van der Waals surface area contributed by atoms with Crippen LogP contribution >= 0.6 is 23.2 Å². The molecule has 3 aliphatic rings. The van der Waals surface area contributed by atoms with Crippen LogP contribution in [0.25, 0.3) is 5.57 Å². The molecule has 2 aromatic carbocycles. The monoisotopic (exact) mass is 803 g/mol. The first-order valence-corrected chi connectivity index (χ1v) is 19.5. The number of hydrogen-bond acceptors (Lipinski definition) is 10. The Morgan fingerprint density at radius 1 is 1.09 bits per heavy atom. The number of nitrogens with two attached hydrogens (primary N) is 1. The third kappa shape index (κ3) is 9.37. The van der Waals surface area contributed by atoms with Gasteiger partial charge in [0.1, 0.15) is 47.3 Å². The highest BCUT2D eigenvalue weighted by molar-refractivity contribution is 6.32. The molecule has 0 bridgehead atoms. The van der Waals surface area contributed by atoms with Crippen LogP contribution in [0, 0.1) is 11.3 Å². The summed E-state index contributed by atoms with van der Waals surface area (Å²) in [5, 5.41) is 29.9. The van der Waals surface area contributed by atoms with Crippen molar-refractivity contribution in [2.75, 3.05) is 32.8 Å². The number of carbonyl (C=O) groups is 2. The second kappa shape index (κ2) is 18.2. The zero-order valence-corrected chi connectivity index (χ0v) is 32.8. The van der Waals surface area contributed by atoms with Gasteiger partial charge in [-0.1, -0.05) is 60.5 Å². The SMILES string of the molecule is CC1(Cl)C(c2ccccc2)=CC=CC1(COc1cc(OCc2cncc(C#N)c2)c(CN2CCCC[C@H]2C(=O)O)cc1Cl)OCCCN1C[C@H](O)C[C@H]1C(N)=O. The number of aliphatic carboxylic acids is 1. The number of piperidine rings is 1. The number of hydrogen-bond donors (Lipinski definition) is 3. The van der Waals surface area contributed by atoms with Crippen molar-refractivity contribution >= 4 is 40.7 Å². The van der Waals surface area contributed by atoms with Crippen molar-refractivity contribution in [2.24, 2.45) is 5.73 Å². The summed E-state index contributed by atoms with van der Waals surface area (Å²) in [6.45, 7) is 3.89. The van der Waals surface area contributed by atoms with Gasteiger partial charge in [-0.2, -0.15) is 5.26 Å². The second-order valence-electron chi connectivity index (χ2n) is 14.7. The lowest BCUT2D eigenvalue weighted by molar-refractivity contribution is -0.144. The molecule has 4 N–H and O–H groups in total. The average molecular weight is 805 g/mol. The number of β-amino-alcohol motifs (C(OH)–C–C–N with tert-alkyl or cyclic N) is 1. The van der Waals surface area contributed by atoms with Crippen molar-refractivity contribution in [3.8, 4) is 17.6 Å². The number of nitriles is 1. The molecule has 6 rings (SSSR count). The van der Waals surface area contributed by atoms with E-state index in [0.717, 1.165) is 24.0 Å². The van der Waals surface area contributed by atoms with Crippen molar-refractivity contribution in [2.45, 2.75) is 80.8 Å². The maximum atomic E-state index is 12.2. The van der Waals surface area contributed by atoms with Gasteiger partial charge in [-0.25, -0.2) is 0 Å². The molecule has 1 aliphatic carbocycles. The van der Waals surface area contributed by atoms with Gasteiger partial charge in [-0.15, -0.1) is 11.6 Å². The Morgan fingerprint density at radius 2 is 1.89 bits per heavy atom. The Labute approximate surface area is 337 Å². The predicted octanol–water partition coefficient (Wildman–Crippen LogP) is 5.72. The lowest BCUT2D eigenvalue weighted by Crippen LogP contribution is -2.55. The Bertz CT molecular complexity index is 1990. The maximum Gasteiger partial charge on any atom is 0.320 e. The average Bonchev–Trinajstić information content (AvgIpc) is 3.57. The molecule has 3 aromatic rings. The molecular weight excluding hydrogens is 757 g/mol. The zero-order chi connectivity index (χ0) is 39.9. The van der Waals surface area contributed by atoms with Crippen LogP contribution in [0.3, 0.4) is 0 Å². The minimum absolute atomic E-state index is 0.0557. The summed E-state index contributed by atoms with van der Waals surface area (Å²) in [6.07, 6.45) is 11.3. The zero-order valence-electron chi connectivity index (χ0n) is 31.3. The Kier molecular flexibility index (Phi) is 13.4. The van der Waals surface area contributed by atoms with Gasteiger partial charge in [0.05, 0.1) is 22.7 Å². The van der Waals surface area contributed by atoms with Crippen LogP contribution in [0.2, 0.25) is 5.02 Å². The molecule has 0 saturated carbocycles. The molecule has 0 radical (unpaired) electrons. The van der Waals surface area contributed by atoms with E-state index in [2.05, 4.69) is 11.1 Å². The smallest absolute Gasteiger partial charge is 0.320 e. The number of amides is 1. The first kappa shape index (κ1) is 41.2. The van der Waals surface area contributed by atoms with Gasteiger partial charge in [0.15, 0.2) is 0 Å². The van der Waals surface area contributed by atoms with E-state index in [9.17, 15) is 25.1 Å². The number of likely N-dealkylation sites (tertiary alicyclic amines) is 2. The van der Waals surface area contributed by atoms with Crippen LogP contribution < -0.4 is 15.2 Å². The Morgan fingerprint density at radius 3 is 2.64 bits per heavy atom. The van der Waals surface area contributed by atoms with Crippen molar-refractivity contribution in [3.63, 3.8) is 0 Å². The Balaban J connectivity index is 1.28. The van der Waals surface area contributed by atoms with Gasteiger partial charge < -0.3 is 30.2 Å². The van der Waals surface area contributed by atoms with Gasteiger partial charge >= 0.3 is 5.97 Å². The predicted molar refractivity (Wildman–Crippen MR) is 212 cm³/mol. The number of aromatic nitrogens is 1. The van der Waals surface area contributed by atoms with Crippen LogP contribution in [0.1, 0.15) is 61.3 Å². The van der Waals surface area contributed by atoms with E-state index >= 15 is 0 Å². The second-order valence-corrected chi connectivity index (χ2v) is 15.8. The highest BCUT2D eigenvalue weighted by atomic mass is 35.5. The number of primary amides is 1. The third-order valence-corrected chi connectivity index (χ3v) is 11.6. The Hall–Kier alpha value is -4.48. The van der Waals surface area contributed by atoms with E-state index in [-0.39, 0.29) is 26.4 Å². The fourth-order valence-corrected chi connectivity index (χ4v) is 8.36. The number of alkyl halides is 1. The molecule has 2 unspecified atom stereocenters. The number of pyridine rings is 1. The highest BCUT2D eigenvalue weighted by Gasteiger charge is 2.51. The molecule has 2 fully saturated rings. The summed E-state index contributed by atoms with van der Waals surface area (Å²) < 4.78 is 19.6. The number of ether oxygens (including phenoxy) is 3. The number of benzene rings is 2. The van der Waals surface area contributed by atoms with Gasteiger partial charge in [0, 0.05) is 55.8 Å². The molecule has 14 heteroatoms. The fourth-order valence-electron chi connectivity index (χ4n) is 7.78. The van der Waals surface area contributed by atoms with E-state index in [1.54, 1.807) is 24.4 Å². The number of aliphatic hydroxyl groups is 1. The van der Waals surface area contributed by atoms with Crippen molar-refractivity contribution in [3.05, 3.63) is 106 Å². The van der Waals surface area contributed by atoms with Crippen LogP contribution in [0.15, 0.2) is 79.2 Å². The molecule has 5 atom stereocenters. The van der Waals surface area contributed by atoms with Crippen molar-refractivity contribution < 1.29 is 34.0 Å². The summed E-state index contributed by atoms with van der Waals surface area (Å²) in [7, 11) is 0. The molecule has 1 aromatic heterocycles. The molecule has 56 heavy (non-hydrogen) atoms. The van der Waals surface area contributed by atoms with Crippen LogP contribution in [-0.2, 0) is 27.5 Å². The van der Waals surface area contributed by atoms with Gasteiger partial charge in [-0.05, 0) is 68.5 Å². The molecule has 3 heterocycles. The summed E-state index contributed by atoms with van der Waals surface area (Å²) in [5.74, 6) is -0.601. The van der Waals surface area contributed by atoms with Gasteiger partial charge in [-0.3, -0.25) is 24.4 Å². The van der Waals surface area contributed by atoms with E-state index in [0.29, 0.717) is 72.1 Å². The topological polar surface area (TPSA) is 171 Å². The molecule has 2 aliphatic heterocycles. The summed E-state index contributed by atoms with van der Waals surface area (Å²) in [4.78, 5) is 31.0. The fraction of sp³-hybridized carbons (Fsp3) is 0.429. The van der Waals surface area contributed by atoms with E-state index in [1.165, 1.54) is 6.20 Å². The van der Waals surface area contributed by atoms with E-state index in [4.69, 9.17) is 43.1 Å². The van der Waals surface area contributed by atoms with Crippen LogP contribution in [0.4, 0.5) is 0 Å². The summed E-state index contributed by atoms with van der Waals surface area (Å²) in [5.41, 5.74) is 7.91. The van der Waals surface area contributed by atoms with E-state index in [1.807, 2.05) is 65.3 Å². The number of aliphatic hydroxyl groups excluding tert-OH is 1. The molecule has 12 nitrogen and oxygen atoms in total. The van der Waals surface area contributed by atoms with Crippen LogP contribution in [0.5, 0.6) is 11.5 Å². The normalized spacial score (nSPS) is 25.3. The van der Waals surface area contributed by atoms with Gasteiger partial charge in [0.2, 0.25) is 5.91 Å². The number of nitrogens with zero attached hydrogens (tertiary/aromatic N) is 4. The molecule has 0 spiro atoms. The standard InChI is InChI=1S/C42H47Cl2N5O7/c1-41(44)33(30-9-3-2-4-10-30)11-7-13-42(41,56-16-8-15-49-25-32(50)19-36(49)39(46)51)27-55-38-20-37(54-26-29-17-28(21-45)22-47-23-29)31(18-34(38)43)24-48-14-6-5-12-35(48)40(52)53/h2-4,7,9-11,13,17-18,20,22-23,32,35-36,50H,5-6,8,12,14-16,19,24-27H2,1H3,(H2,46,51)(H,52,53)/t32-,35+,36+,41?,42?/m1/s1. The number of carboxylic acids is 1. The maximum absolute atomic E-state index is 12.2. The van der Waals surface area contributed by atoms with Crippen molar-refractivity contribution in [1.82, 2.24) is 14.8 Å². The molecule has 296 valence electrons. The molecule has 2 saturated heterocycles. The number of halogens is 2. The molecular formula is C42H47Cl2N5O7. The van der Waals surface area contributed by atoms with E-state index < -0.39 is 40.5 Å². The van der Waals surface area contributed by atoms with Gasteiger partial charge in [0.25, 0.3) is 0 Å². The first-order chi connectivity index (χ1) is 26.9. The highest BCUT2D eigenvalue weighted by Crippen LogP contribution is 2.48. The lowest BCUT2D eigenvalue weighted by atomic mass is 9.76. The van der Waals surface area contributed by atoms with Crippen molar-refractivity contribution in [1.29, 1.82) is 5.26 Å². The first-order valence-electron chi connectivity index (χ1n) is 18.8. The lowest BCUT2D eigenvalue weighted by Gasteiger charge is -2.45. The third-order valence-electron chi connectivity index (χ3n) is 10.8. The summed E-state index contributed by atoms with van der Waals surface area (Å²) in [6, 6.07) is 15.8. The minimum atomic E-state index is -1.21. The largest absolute Gasteiger partial charge is 0.488 e. The quantitative estimate of drug-likeness (QED) is 0.120. The summed E-state index contributed by atoms with van der Waals surface area (Å²) >= 11 is 14.5. The number of rotatable bonds is 16. The number of allylic oxidation sites excluding steroid dienone is 2. The number of carboxylic acid groups (broad SMARTS) is 1. The van der Waals surface area contributed by atoms with Crippen LogP contribution in [-0.4, -0.2) is 98.4 Å². The number of carbonyl (C=O) groups excluding carboxylic acids is 1. The molecule has 1 amide bonds. The minimum Gasteiger partial charge on any atom is -0.488 e.